The number of fused-ring (bicyclic) bond motifs is 2. The van der Waals surface area contributed by atoms with E-state index in [-0.39, 0.29) is 22.7 Å². The second-order valence-corrected chi connectivity index (χ2v) is 20.2. The first-order valence-electron chi connectivity index (χ1n) is 21.0. The maximum Gasteiger partial charge on any atom is 0.333 e. The summed E-state index contributed by atoms with van der Waals surface area (Å²) in [4.78, 5) is 37.3. The quantitative estimate of drug-likeness (QED) is 0.0503. The van der Waals surface area contributed by atoms with Gasteiger partial charge in [-0.25, -0.2) is 4.85 Å². The fourth-order valence-corrected chi connectivity index (χ4v) is 12.0. The third-order valence-electron chi connectivity index (χ3n) is 12.2. The Labute approximate surface area is 370 Å². The molecule has 0 spiro atoms. The first-order valence-corrected chi connectivity index (χ1v) is 23.4. The van der Waals surface area contributed by atoms with Crippen molar-refractivity contribution in [2.24, 2.45) is 0 Å². The van der Waals surface area contributed by atoms with E-state index in [1.807, 2.05) is 24.3 Å². The highest BCUT2D eigenvalue weighted by Crippen LogP contribution is 2.51. The Morgan fingerprint density at radius 1 is 0.803 bits per heavy atom. The summed E-state index contributed by atoms with van der Waals surface area (Å²) in [6.45, 7) is 22.0. The van der Waals surface area contributed by atoms with Crippen LogP contribution < -0.4 is 4.90 Å². The number of unbranched alkanes of at least 4 members (excludes halogenated alkanes) is 3. The molecule has 7 nitrogen and oxygen atoms in total. The van der Waals surface area contributed by atoms with Gasteiger partial charge in [0.15, 0.2) is 5.71 Å². The van der Waals surface area contributed by atoms with Crippen LogP contribution >= 0.6 is 34.0 Å². The molecule has 0 fully saturated rings. The van der Waals surface area contributed by atoms with Gasteiger partial charge in [-0.05, 0) is 92.1 Å². The lowest BCUT2D eigenvalue weighted by atomic mass is 9.77. The number of aliphatic hydroxyl groups excluding tert-OH is 1. The molecule has 10 heteroatoms. The minimum absolute atomic E-state index is 0.0678. The van der Waals surface area contributed by atoms with Crippen molar-refractivity contribution in [3.8, 4) is 29.9 Å². The summed E-state index contributed by atoms with van der Waals surface area (Å²) in [6, 6.07) is 27.6. The van der Waals surface area contributed by atoms with Gasteiger partial charge in [-0.3, -0.25) is 9.59 Å². The number of hydrogen-bond donors (Lipinski definition) is 2. The molecule has 61 heavy (non-hydrogen) atoms. The van der Waals surface area contributed by atoms with Gasteiger partial charge in [0.2, 0.25) is 11.5 Å². The van der Waals surface area contributed by atoms with Crippen LogP contribution in [0.4, 0.5) is 11.4 Å². The lowest BCUT2D eigenvalue weighted by molar-refractivity contribution is -0.437. The van der Waals surface area contributed by atoms with Gasteiger partial charge in [0.1, 0.15) is 12.3 Å². The van der Waals surface area contributed by atoms with Gasteiger partial charge in [0, 0.05) is 76.7 Å². The van der Waals surface area contributed by atoms with E-state index in [2.05, 4.69) is 123 Å². The SMILES string of the molecule is [C-]#[N+]/C(=C\c1ccc(-c2ccc(-c3ccc(-c4ccc5c(c4)C(C)(C)C(=CC4=C(O)C(=CC6=[N+](CCC)c7ccccc7C6(C)C)C4=O)N5CCCCCC)s3)s2)s1)C(=O)O. The number of nitrogens with zero attached hydrogens (tertiary/aromatic N) is 3. The Morgan fingerprint density at radius 3 is 2.15 bits per heavy atom. The largest absolute Gasteiger partial charge is 0.506 e. The Morgan fingerprint density at radius 2 is 1.48 bits per heavy atom. The van der Waals surface area contributed by atoms with Crippen LogP contribution in [-0.2, 0) is 20.4 Å². The highest BCUT2D eigenvalue weighted by Gasteiger charge is 2.47. The summed E-state index contributed by atoms with van der Waals surface area (Å²) in [6.07, 6.45) is 10.7. The van der Waals surface area contributed by atoms with Crippen molar-refractivity contribution in [2.45, 2.75) is 84.5 Å². The van der Waals surface area contributed by atoms with Crippen LogP contribution in [-0.4, -0.2) is 45.3 Å². The van der Waals surface area contributed by atoms with Crippen LogP contribution in [0.2, 0.25) is 0 Å². The Bertz CT molecular complexity index is 2790. The first kappa shape index (κ1) is 42.1. The number of anilines is 1. The summed E-state index contributed by atoms with van der Waals surface area (Å²) in [5, 5.41) is 20.9. The van der Waals surface area contributed by atoms with Crippen molar-refractivity contribution < 1.29 is 24.4 Å². The maximum absolute atomic E-state index is 14.1. The van der Waals surface area contributed by atoms with Crippen LogP contribution in [0.15, 0.2) is 119 Å². The van der Waals surface area contributed by atoms with E-state index in [1.165, 1.54) is 35.0 Å². The second-order valence-electron chi connectivity index (χ2n) is 16.9. The number of benzene rings is 2. The molecule has 0 atom stereocenters. The predicted molar refractivity (Wildman–Crippen MR) is 253 cm³/mol. The van der Waals surface area contributed by atoms with E-state index >= 15 is 0 Å². The molecule has 0 saturated heterocycles. The highest BCUT2D eigenvalue weighted by atomic mass is 32.1. The fraction of sp³-hybridized carbons (Fsp3) is 0.294. The molecule has 3 aromatic heterocycles. The number of hydrogen-bond acceptors (Lipinski definition) is 7. The number of rotatable bonds is 14. The zero-order valence-electron chi connectivity index (χ0n) is 35.5. The zero-order valence-corrected chi connectivity index (χ0v) is 37.9. The monoisotopic (exact) mass is 864 g/mol. The smallest absolute Gasteiger partial charge is 0.333 e. The molecule has 2 N–H and O–H groups in total. The third-order valence-corrected chi connectivity index (χ3v) is 15.8. The minimum Gasteiger partial charge on any atom is -0.506 e. The van der Waals surface area contributed by atoms with Gasteiger partial charge >= 0.3 is 5.97 Å². The molecule has 0 unspecified atom stereocenters. The van der Waals surface area contributed by atoms with Gasteiger partial charge in [0.25, 0.3) is 5.70 Å². The van der Waals surface area contributed by atoms with Crippen molar-refractivity contribution in [3.05, 3.63) is 147 Å². The molecule has 5 heterocycles. The standard InChI is InChI=1S/C51H49N3O4S3/c1-8-10-11-14-26-54-39-19-17-31(40-21-22-43(60-40)44-24-23-42(61-44)41-20-18-32(59-41)28-37(52-7)49(57)58)27-36(39)51(5,6)46(54)30-34-47(55)33(48(34)56)29-45-50(3,4)35-15-12-13-16-38(35)53(45)25-9-2/h12-13,15-24,27-30H,8-11,14,25-26H2,1-6H3,(H-,55,56,57,58)/p+1/b37-28-. The van der Waals surface area contributed by atoms with Crippen molar-refractivity contribution in [1.29, 1.82) is 0 Å². The number of carboxylic acid groups (broad SMARTS) is 1. The van der Waals surface area contributed by atoms with Crippen LogP contribution in [0, 0.1) is 6.57 Å². The molecule has 0 saturated carbocycles. The number of carbonyl (C=O) groups is 2. The fourth-order valence-electron chi connectivity index (χ4n) is 8.84. The number of aliphatic hydroxyl groups is 1. The van der Waals surface area contributed by atoms with E-state index in [0.717, 1.165) is 96.4 Å². The number of Topliss-reactive ketones (excluding diaryl/α,β-unsaturated/α-hetero) is 1. The van der Waals surface area contributed by atoms with E-state index in [1.54, 1.807) is 22.7 Å². The average molecular weight is 865 g/mol. The number of aliphatic carboxylic acids is 1. The summed E-state index contributed by atoms with van der Waals surface area (Å²) >= 11 is 4.92. The van der Waals surface area contributed by atoms with Gasteiger partial charge in [-0.15, -0.1) is 34.0 Å². The highest BCUT2D eigenvalue weighted by molar-refractivity contribution is 7.27. The normalized spacial score (nSPS) is 18.0. The molecule has 2 aromatic carbocycles. The van der Waals surface area contributed by atoms with Crippen LogP contribution in [0.1, 0.15) is 89.7 Å². The minimum atomic E-state index is -1.22. The van der Waals surface area contributed by atoms with E-state index in [0.29, 0.717) is 11.1 Å². The third kappa shape index (κ3) is 7.58. The van der Waals surface area contributed by atoms with Crippen molar-refractivity contribution >= 4 is 68.9 Å². The van der Waals surface area contributed by atoms with Crippen LogP contribution in [0.5, 0.6) is 0 Å². The molecule has 0 amide bonds. The Balaban J connectivity index is 1.09. The first-order chi connectivity index (χ1) is 29.3. The van der Waals surface area contributed by atoms with Crippen molar-refractivity contribution in [3.63, 3.8) is 0 Å². The number of allylic oxidation sites excluding steroid dienone is 5. The van der Waals surface area contributed by atoms with Crippen molar-refractivity contribution in [1.82, 2.24) is 0 Å². The zero-order chi connectivity index (χ0) is 43.2. The lowest BCUT2D eigenvalue weighted by Gasteiger charge is -2.29. The lowest BCUT2D eigenvalue weighted by Crippen LogP contribution is -2.32. The predicted octanol–water partition coefficient (Wildman–Crippen LogP) is 13.6. The maximum atomic E-state index is 14.1. The Kier molecular flexibility index (Phi) is 11.5. The molecule has 8 rings (SSSR count). The van der Waals surface area contributed by atoms with E-state index < -0.39 is 11.4 Å². The van der Waals surface area contributed by atoms with Gasteiger partial charge in [0.05, 0.1) is 23.1 Å². The summed E-state index contributed by atoms with van der Waals surface area (Å²) in [5.74, 6) is -1.27. The number of ketones is 1. The van der Waals surface area contributed by atoms with Crippen LogP contribution in [0.3, 0.4) is 0 Å². The van der Waals surface area contributed by atoms with Gasteiger partial charge in [-0.2, -0.15) is 4.58 Å². The summed E-state index contributed by atoms with van der Waals surface area (Å²) in [5.41, 5.74) is 7.65. The van der Waals surface area contributed by atoms with Crippen molar-refractivity contribution in [2.75, 3.05) is 18.0 Å². The summed E-state index contributed by atoms with van der Waals surface area (Å²) in [7, 11) is 0. The molecular weight excluding hydrogens is 815 g/mol. The number of para-hydroxylation sites is 1. The topological polar surface area (TPSA) is 85.2 Å². The molecule has 0 bridgehead atoms. The molecule has 0 radical (unpaired) electrons. The second kappa shape index (κ2) is 16.7. The summed E-state index contributed by atoms with van der Waals surface area (Å²) < 4.78 is 2.31. The van der Waals surface area contributed by atoms with Gasteiger partial charge < -0.3 is 15.1 Å². The average Bonchev–Trinajstić information content (AvgIpc) is 4.09. The van der Waals surface area contributed by atoms with E-state index in [4.69, 9.17) is 6.57 Å². The van der Waals surface area contributed by atoms with Gasteiger partial charge in [-0.1, -0.05) is 71.2 Å². The number of thiophene rings is 3. The number of carboxylic acids is 1. The van der Waals surface area contributed by atoms with Crippen LogP contribution in [0.25, 0.3) is 40.9 Å². The molecule has 2 aliphatic heterocycles. The Hall–Kier alpha value is -5.60. The molecule has 310 valence electrons. The molecule has 1 aliphatic carbocycles. The molecular formula is C51H50N3O4S3+. The molecule has 3 aliphatic rings. The number of carbonyl (C=O) groups excluding carboxylic acids is 1. The van der Waals surface area contributed by atoms with E-state index in [9.17, 15) is 19.8 Å². The molecule has 5 aromatic rings.